The van der Waals surface area contributed by atoms with Crippen molar-refractivity contribution in [1.82, 2.24) is 20.2 Å². The van der Waals surface area contributed by atoms with Crippen LogP contribution in [-0.4, -0.2) is 32.0 Å². The Labute approximate surface area is 132 Å². The molecule has 3 N–H and O–H groups in total. The Morgan fingerprint density at radius 2 is 2.22 bits per heavy atom. The number of carbonyl (C=O) groups excluding carboxylic acids is 1. The van der Waals surface area contributed by atoms with Gasteiger partial charge in [0.25, 0.3) is 5.91 Å². The first-order chi connectivity index (χ1) is 11.1. The molecule has 0 aliphatic rings. The highest BCUT2D eigenvalue weighted by Crippen LogP contribution is 2.17. The molecule has 0 aliphatic heterocycles. The fourth-order valence-corrected chi connectivity index (χ4v) is 2.13. The van der Waals surface area contributed by atoms with Gasteiger partial charge in [0.05, 0.1) is 11.9 Å². The van der Waals surface area contributed by atoms with E-state index in [-0.39, 0.29) is 5.75 Å². The van der Waals surface area contributed by atoms with Gasteiger partial charge in [0.15, 0.2) is 0 Å². The fourth-order valence-electron chi connectivity index (χ4n) is 2.13. The smallest absolute Gasteiger partial charge is 0.289 e. The Hall–Kier alpha value is -3.35. The van der Waals surface area contributed by atoms with Gasteiger partial charge in [0, 0.05) is 13.2 Å². The standard InChI is InChI=1S/C16H15N5O2/c1-21-7-3-6-15(21)13-9-14(19-18-13)16(23)20-17-10-11-4-2-5-12(22)8-11/h2-10,22H,1H3,(H,18,19)(H,20,23)/b17-10+. The average molecular weight is 309 g/mol. The summed E-state index contributed by atoms with van der Waals surface area (Å²) in [6.45, 7) is 0. The first-order valence-corrected chi connectivity index (χ1v) is 6.93. The van der Waals surface area contributed by atoms with Gasteiger partial charge in [0.2, 0.25) is 0 Å². The van der Waals surface area contributed by atoms with Crippen LogP contribution in [0.1, 0.15) is 16.1 Å². The van der Waals surface area contributed by atoms with E-state index in [0.29, 0.717) is 17.0 Å². The second kappa shape index (κ2) is 6.18. The summed E-state index contributed by atoms with van der Waals surface area (Å²) >= 11 is 0. The zero-order valence-electron chi connectivity index (χ0n) is 12.4. The number of nitrogens with zero attached hydrogens (tertiary/aromatic N) is 3. The highest BCUT2D eigenvalue weighted by Gasteiger charge is 2.11. The number of hydrogen-bond donors (Lipinski definition) is 3. The molecule has 0 saturated carbocycles. The maximum atomic E-state index is 12.0. The maximum Gasteiger partial charge on any atom is 0.289 e. The summed E-state index contributed by atoms with van der Waals surface area (Å²) in [7, 11) is 1.91. The molecule has 0 bridgehead atoms. The minimum Gasteiger partial charge on any atom is -0.508 e. The minimum absolute atomic E-state index is 0.140. The second-order valence-corrected chi connectivity index (χ2v) is 4.97. The number of aromatic nitrogens is 3. The van der Waals surface area contributed by atoms with Gasteiger partial charge in [-0.1, -0.05) is 12.1 Å². The Kier molecular flexibility index (Phi) is 3.92. The predicted molar refractivity (Wildman–Crippen MR) is 86.2 cm³/mol. The van der Waals surface area contributed by atoms with Gasteiger partial charge < -0.3 is 9.67 Å². The first kappa shape index (κ1) is 14.6. The van der Waals surface area contributed by atoms with Gasteiger partial charge >= 0.3 is 0 Å². The molecule has 0 radical (unpaired) electrons. The molecule has 0 saturated heterocycles. The number of benzene rings is 1. The molecule has 0 spiro atoms. The molecule has 0 aliphatic carbocycles. The number of carbonyl (C=O) groups is 1. The molecule has 7 nitrogen and oxygen atoms in total. The number of hydrogen-bond acceptors (Lipinski definition) is 4. The van der Waals surface area contributed by atoms with E-state index >= 15 is 0 Å². The molecular weight excluding hydrogens is 294 g/mol. The van der Waals surface area contributed by atoms with Crippen molar-refractivity contribution < 1.29 is 9.90 Å². The maximum absolute atomic E-state index is 12.0. The summed E-state index contributed by atoms with van der Waals surface area (Å²) in [5.74, 6) is -0.254. The summed E-state index contributed by atoms with van der Waals surface area (Å²) in [5, 5.41) is 20.0. The monoisotopic (exact) mass is 309 g/mol. The molecule has 7 heteroatoms. The Balaban J connectivity index is 1.67. The van der Waals surface area contributed by atoms with Crippen LogP contribution in [0.5, 0.6) is 5.75 Å². The molecule has 0 unspecified atom stereocenters. The van der Waals surface area contributed by atoms with Crippen LogP contribution in [0.25, 0.3) is 11.4 Å². The van der Waals surface area contributed by atoms with Crippen molar-refractivity contribution in [2.45, 2.75) is 0 Å². The molecule has 0 atom stereocenters. The number of nitrogens with one attached hydrogen (secondary N) is 2. The summed E-state index contributed by atoms with van der Waals surface area (Å²) in [6, 6.07) is 12.0. The lowest BCUT2D eigenvalue weighted by Crippen LogP contribution is -2.17. The van der Waals surface area contributed by atoms with Crippen LogP contribution in [0.2, 0.25) is 0 Å². The average Bonchev–Trinajstić information content (AvgIpc) is 3.15. The molecule has 1 amide bonds. The number of aromatic amines is 1. The van der Waals surface area contributed by atoms with E-state index in [1.807, 2.05) is 29.9 Å². The predicted octanol–water partition coefficient (Wildman–Crippen LogP) is 1.88. The van der Waals surface area contributed by atoms with E-state index in [0.717, 1.165) is 5.69 Å². The van der Waals surface area contributed by atoms with Crippen molar-refractivity contribution in [1.29, 1.82) is 0 Å². The van der Waals surface area contributed by atoms with Crippen LogP contribution in [0, 0.1) is 0 Å². The molecule has 2 heterocycles. The number of amides is 1. The third-order valence-electron chi connectivity index (χ3n) is 3.28. The summed E-state index contributed by atoms with van der Waals surface area (Å²) in [4.78, 5) is 12.0. The molecule has 23 heavy (non-hydrogen) atoms. The van der Waals surface area contributed by atoms with E-state index in [4.69, 9.17) is 0 Å². The number of H-pyrrole nitrogens is 1. The second-order valence-electron chi connectivity index (χ2n) is 4.97. The third kappa shape index (κ3) is 3.29. The van der Waals surface area contributed by atoms with Crippen molar-refractivity contribution in [2.75, 3.05) is 0 Å². The van der Waals surface area contributed by atoms with Gasteiger partial charge in [0.1, 0.15) is 17.1 Å². The number of aromatic hydroxyl groups is 1. The van der Waals surface area contributed by atoms with Crippen molar-refractivity contribution in [3.05, 3.63) is 59.9 Å². The molecule has 1 aromatic carbocycles. The lowest BCUT2D eigenvalue weighted by molar-refractivity contribution is 0.0950. The van der Waals surface area contributed by atoms with E-state index in [1.54, 1.807) is 30.3 Å². The van der Waals surface area contributed by atoms with E-state index < -0.39 is 5.91 Å². The molecule has 116 valence electrons. The number of aryl methyl sites for hydroxylation is 1. The summed E-state index contributed by atoms with van der Waals surface area (Å²) in [5.41, 5.74) is 4.99. The molecule has 2 aromatic heterocycles. The minimum atomic E-state index is -0.394. The Morgan fingerprint density at radius 3 is 2.96 bits per heavy atom. The number of rotatable bonds is 4. The number of phenolic OH excluding ortho intramolecular Hbond substituents is 1. The highest BCUT2D eigenvalue weighted by atomic mass is 16.3. The van der Waals surface area contributed by atoms with Crippen LogP contribution in [0.4, 0.5) is 0 Å². The van der Waals surface area contributed by atoms with Crippen LogP contribution >= 0.6 is 0 Å². The van der Waals surface area contributed by atoms with Crippen LogP contribution < -0.4 is 5.43 Å². The van der Waals surface area contributed by atoms with E-state index in [9.17, 15) is 9.90 Å². The number of phenols is 1. The largest absolute Gasteiger partial charge is 0.508 e. The van der Waals surface area contributed by atoms with E-state index in [2.05, 4.69) is 20.7 Å². The van der Waals surface area contributed by atoms with Gasteiger partial charge in [-0.05, 0) is 35.9 Å². The van der Waals surface area contributed by atoms with Crippen LogP contribution in [-0.2, 0) is 7.05 Å². The molecule has 0 fully saturated rings. The SMILES string of the molecule is Cn1cccc1-c1cc(C(=O)N/N=C/c2cccc(O)c2)[nH]n1. The van der Waals surface area contributed by atoms with Gasteiger partial charge in [-0.2, -0.15) is 10.2 Å². The molecular formula is C16H15N5O2. The van der Waals surface area contributed by atoms with Crippen molar-refractivity contribution in [3.63, 3.8) is 0 Å². The van der Waals surface area contributed by atoms with Gasteiger partial charge in [-0.15, -0.1) is 0 Å². The Bertz CT molecular complexity index is 863. The van der Waals surface area contributed by atoms with Crippen molar-refractivity contribution in [3.8, 4) is 17.1 Å². The topological polar surface area (TPSA) is 95.3 Å². The summed E-state index contributed by atoms with van der Waals surface area (Å²) < 4.78 is 1.91. The lowest BCUT2D eigenvalue weighted by Gasteiger charge is -1.97. The lowest BCUT2D eigenvalue weighted by atomic mass is 10.2. The zero-order valence-corrected chi connectivity index (χ0v) is 12.4. The van der Waals surface area contributed by atoms with Crippen molar-refractivity contribution >= 4 is 12.1 Å². The fraction of sp³-hybridized carbons (Fsp3) is 0.0625. The first-order valence-electron chi connectivity index (χ1n) is 6.93. The number of hydrazone groups is 1. The summed E-state index contributed by atoms with van der Waals surface area (Å²) in [6.07, 6.45) is 3.36. The Morgan fingerprint density at radius 1 is 1.35 bits per heavy atom. The van der Waals surface area contributed by atoms with Gasteiger partial charge in [-0.25, -0.2) is 5.43 Å². The zero-order chi connectivity index (χ0) is 16.2. The molecule has 3 aromatic rings. The normalized spacial score (nSPS) is 11.0. The van der Waals surface area contributed by atoms with Gasteiger partial charge in [-0.3, -0.25) is 9.89 Å². The van der Waals surface area contributed by atoms with Crippen LogP contribution in [0.3, 0.4) is 0 Å². The van der Waals surface area contributed by atoms with E-state index in [1.165, 1.54) is 6.21 Å². The quantitative estimate of drug-likeness (QED) is 0.507. The third-order valence-corrected chi connectivity index (χ3v) is 3.28. The van der Waals surface area contributed by atoms with Crippen molar-refractivity contribution in [2.24, 2.45) is 12.1 Å². The molecule has 3 rings (SSSR count). The highest BCUT2D eigenvalue weighted by molar-refractivity contribution is 5.94. The van der Waals surface area contributed by atoms with Crippen LogP contribution in [0.15, 0.2) is 53.8 Å².